The lowest BCUT2D eigenvalue weighted by molar-refractivity contribution is -0.145. The summed E-state index contributed by atoms with van der Waals surface area (Å²) in [6.07, 6.45) is 2.21. The van der Waals surface area contributed by atoms with Gasteiger partial charge in [0.2, 0.25) is 5.91 Å². The summed E-state index contributed by atoms with van der Waals surface area (Å²) in [6.45, 7) is 4.25. The van der Waals surface area contributed by atoms with Crippen molar-refractivity contribution in [2.24, 2.45) is 11.8 Å². The Labute approximate surface area is 254 Å². The number of carboxylic acids is 2. The number of fused-ring (bicyclic) bond motifs is 2. The van der Waals surface area contributed by atoms with Gasteiger partial charge in [0.15, 0.2) is 5.78 Å². The highest BCUT2D eigenvalue weighted by Crippen LogP contribution is 2.37. The van der Waals surface area contributed by atoms with E-state index in [4.69, 9.17) is 24.4 Å². The highest BCUT2D eigenvalue weighted by molar-refractivity contribution is 7.20. The van der Waals surface area contributed by atoms with Crippen molar-refractivity contribution in [2.75, 3.05) is 20.8 Å². The molecule has 11 heteroatoms. The summed E-state index contributed by atoms with van der Waals surface area (Å²) in [6, 6.07) is 9.47. The van der Waals surface area contributed by atoms with Crippen LogP contribution in [-0.4, -0.2) is 59.6 Å². The summed E-state index contributed by atoms with van der Waals surface area (Å²) in [5, 5.41) is 19.2. The number of rotatable bonds is 15. The van der Waals surface area contributed by atoms with Gasteiger partial charge >= 0.3 is 11.9 Å². The first-order valence-corrected chi connectivity index (χ1v) is 15.0. The second kappa shape index (κ2) is 13.9. The van der Waals surface area contributed by atoms with Crippen LogP contribution >= 0.6 is 11.3 Å². The number of unbranched alkanes of at least 4 members (excludes halogenated alkanes) is 1. The van der Waals surface area contributed by atoms with E-state index in [1.165, 1.54) is 25.2 Å². The maximum atomic E-state index is 12.7. The minimum atomic E-state index is -0.994. The van der Waals surface area contributed by atoms with Gasteiger partial charge in [-0.2, -0.15) is 0 Å². The number of aryl methyl sites for hydroxylation is 1. The van der Waals surface area contributed by atoms with Crippen molar-refractivity contribution in [3.05, 3.63) is 51.9 Å². The summed E-state index contributed by atoms with van der Waals surface area (Å²) >= 11 is 1.34. The van der Waals surface area contributed by atoms with E-state index in [-0.39, 0.29) is 24.5 Å². The number of ether oxygens (including phenoxy) is 3. The zero-order chi connectivity index (χ0) is 31.3. The lowest BCUT2D eigenvalue weighted by atomic mass is 10.0. The van der Waals surface area contributed by atoms with Gasteiger partial charge in [-0.3, -0.25) is 19.2 Å². The number of methoxy groups -OCH3 is 2. The number of carbonyl (C=O) groups is 4. The molecule has 4 rings (SSSR count). The molecule has 0 bridgehead atoms. The van der Waals surface area contributed by atoms with E-state index >= 15 is 0 Å². The predicted octanol–water partition coefficient (Wildman–Crippen LogP) is 5.57. The van der Waals surface area contributed by atoms with Crippen LogP contribution in [0.2, 0.25) is 0 Å². The van der Waals surface area contributed by atoms with Crippen LogP contribution in [0.5, 0.6) is 17.2 Å². The van der Waals surface area contributed by atoms with E-state index < -0.39 is 23.8 Å². The van der Waals surface area contributed by atoms with Crippen molar-refractivity contribution in [3.8, 4) is 17.2 Å². The zero-order valence-electron chi connectivity index (χ0n) is 24.8. The lowest BCUT2D eigenvalue weighted by Crippen LogP contribution is -2.28. The summed E-state index contributed by atoms with van der Waals surface area (Å²) in [5.41, 5.74) is 2.84. The molecule has 2 atom stereocenters. The fraction of sp³-hybridized carbons (Fsp3) is 0.438. The summed E-state index contributed by atoms with van der Waals surface area (Å²) in [4.78, 5) is 49.9. The number of amides is 1. The highest BCUT2D eigenvalue weighted by atomic mass is 32.1. The van der Waals surface area contributed by atoms with Gasteiger partial charge in [0, 0.05) is 42.3 Å². The molecule has 2 aromatic carbocycles. The van der Waals surface area contributed by atoms with E-state index in [9.17, 15) is 19.2 Å². The van der Waals surface area contributed by atoms with Crippen molar-refractivity contribution in [3.63, 3.8) is 0 Å². The number of hydrogen-bond acceptors (Lipinski definition) is 8. The monoisotopic (exact) mass is 611 g/mol. The third-order valence-electron chi connectivity index (χ3n) is 7.68. The highest BCUT2D eigenvalue weighted by Gasteiger charge is 2.29. The molecule has 2 unspecified atom stereocenters. The molecule has 0 saturated heterocycles. The number of thiophene rings is 1. The third kappa shape index (κ3) is 7.64. The minimum Gasteiger partial charge on any atom is -0.497 e. The van der Waals surface area contributed by atoms with Gasteiger partial charge in [-0.1, -0.05) is 13.8 Å². The molecule has 2 heterocycles. The molecule has 0 radical (unpaired) electrons. The van der Waals surface area contributed by atoms with Crippen LogP contribution in [0.25, 0.3) is 10.1 Å². The van der Waals surface area contributed by atoms with Crippen LogP contribution < -0.4 is 14.2 Å². The molecule has 0 aliphatic carbocycles. The van der Waals surface area contributed by atoms with Crippen molar-refractivity contribution in [1.29, 1.82) is 0 Å². The summed E-state index contributed by atoms with van der Waals surface area (Å²) in [7, 11) is 3.19. The summed E-state index contributed by atoms with van der Waals surface area (Å²) < 4.78 is 18.1. The number of benzene rings is 2. The van der Waals surface area contributed by atoms with Gasteiger partial charge in [-0.15, -0.1) is 11.3 Å². The number of carboxylic acid groups (broad SMARTS) is 2. The average molecular weight is 612 g/mol. The normalized spacial score (nSPS) is 13.8. The maximum Gasteiger partial charge on any atom is 0.306 e. The first-order valence-electron chi connectivity index (χ1n) is 14.2. The largest absolute Gasteiger partial charge is 0.497 e. The minimum absolute atomic E-state index is 0.0408. The molecular formula is C32H37NO9S. The van der Waals surface area contributed by atoms with Gasteiger partial charge in [0.05, 0.1) is 37.5 Å². The predicted molar refractivity (Wildman–Crippen MR) is 161 cm³/mol. The van der Waals surface area contributed by atoms with E-state index in [1.54, 1.807) is 19.1 Å². The van der Waals surface area contributed by atoms with Gasteiger partial charge in [0.25, 0.3) is 0 Å². The van der Waals surface area contributed by atoms with Gasteiger partial charge in [0.1, 0.15) is 17.2 Å². The van der Waals surface area contributed by atoms with E-state index in [0.29, 0.717) is 36.1 Å². The molecule has 2 N–H and O–H groups in total. The molecule has 1 aromatic heterocycles. The Hall–Kier alpha value is -4.12. The Morgan fingerprint density at radius 1 is 0.884 bits per heavy atom. The molecule has 0 saturated carbocycles. The van der Waals surface area contributed by atoms with Crippen LogP contribution in [0.1, 0.15) is 65.9 Å². The van der Waals surface area contributed by atoms with E-state index in [1.807, 2.05) is 30.3 Å². The van der Waals surface area contributed by atoms with Gasteiger partial charge in [-0.25, -0.2) is 0 Å². The average Bonchev–Trinajstić information content (AvgIpc) is 3.60. The quantitative estimate of drug-likeness (QED) is 0.167. The number of Topliss-reactive ketones (excluding diaryl/α,β-unsaturated/α-hetero) is 1. The Morgan fingerprint density at radius 3 is 2.28 bits per heavy atom. The topological polar surface area (TPSA) is 140 Å². The maximum absolute atomic E-state index is 12.7. The Bertz CT molecular complexity index is 1530. The van der Waals surface area contributed by atoms with Crippen LogP contribution in [0.3, 0.4) is 0 Å². The molecule has 10 nitrogen and oxygen atoms in total. The van der Waals surface area contributed by atoms with Crippen LogP contribution in [0.4, 0.5) is 0 Å². The van der Waals surface area contributed by atoms with Crippen LogP contribution in [0, 0.1) is 11.8 Å². The first-order chi connectivity index (χ1) is 20.5. The van der Waals surface area contributed by atoms with Crippen molar-refractivity contribution < 1.29 is 43.6 Å². The van der Waals surface area contributed by atoms with Crippen LogP contribution in [0.15, 0.2) is 30.3 Å². The second-order valence-corrected chi connectivity index (χ2v) is 12.0. The van der Waals surface area contributed by atoms with Gasteiger partial charge < -0.3 is 29.3 Å². The molecule has 3 aromatic rings. The number of hydrogen-bond donors (Lipinski definition) is 2. The Balaban J connectivity index is 1.36. The van der Waals surface area contributed by atoms with E-state index in [2.05, 4.69) is 0 Å². The SMILES string of the molecule is COc1cc2c(c(OCCCCc3cc4cc(C(=O)CC(C)C(=O)O)sc4cc3OC)c1)CN(C(=O)CC(C)C(=O)O)C2. The number of carbonyl (C=O) groups excluding carboxylic acids is 2. The standard InChI is InChI=1S/C32H37NO9S/c1-18(31(36)37)9-25(34)29-13-21-11-20(26(41-4)15-28(21)43-29)7-5-6-8-42-27-14-23(40-3)12-22-16-33(17-24(22)27)30(35)10-19(2)32(38)39/h11-15,18-19H,5-10,16-17H2,1-4H3,(H,36,37)(H,38,39). The molecule has 0 fully saturated rings. The van der Waals surface area contributed by atoms with Gasteiger partial charge in [-0.05, 0) is 60.0 Å². The fourth-order valence-corrected chi connectivity index (χ4v) is 6.07. The number of ketones is 1. The summed E-state index contributed by atoms with van der Waals surface area (Å²) in [5.74, 6) is -1.84. The fourth-order valence-electron chi connectivity index (χ4n) is 5.05. The molecule has 1 amide bonds. The molecule has 1 aliphatic rings. The first kappa shape index (κ1) is 31.8. The van der Waals surface area contributed by atoms with Crippen molar-refractivity contribution >= 4 is 45.1 Å². The number of nitrogens with zero attached hydrogens (tertiary/aromatic N) is 1. The van der Waals surface area contributed by atoms with E-state index in [0.717, 1.165) is 51.8 Å². The third-order valence-corrected chi connectivity index (χ3v) is 8.82. The lowest BCUT2D eigenvalue weighted by Gasteiger charge is -2.17. The molecule has 43 heavy (non-hydrogen) atoms. The van der Waals surface area contributed by atoms with Crippen LogP contribution in [-0.2, 0) is 33.9 Å². The smallest absolute Gasteiger partial charge is 0.306 e. The van der Waals surface area contributed by atoms with Crippen molar-refractivity contribution in [1.82, 2.24) is 4.90 Å². The molecule has 1 aliphatic heterocycles. The zero-order valence-corrected chi connectivity index (χ0v) is 25.6. The molecule has 0 spiro atoms. The molecular weight excluding hydrogens is 574 g/mol. The Morgan fingerprint density at radius 2 is 1.60 bits per heavy atom. The Kier molecular flexibility index (Phi) is 10.3. The molecule has 230 valence electrons. The van der Waals surface area contributed by atoms with Crippen molar-refractivity contribution in [2.45, 2.75) is 59.0 Å². The number of aliphatic carboxylic acids is 2. The second-order valence-electron chi connectivity index (χ2n) is 10.9.